The molecule has 3 atom stereocenters. The molecule has 1 fully saturated rings. The summed E-state index contributed by atoms with van der Waals surface area (Å²) in [5, 5.41) is 9.06. The first-order chi connectivity index (χ1) is 16.3. The lowest BCUT2D eigenvalue weighted by molar-refractivity contribution is -0.122. The number of unbranched alkanes of at least 4 members (excludes halogenated alkanes) is 1. The molecule has 34 heavy (non-hydrogen) atoms. The summed E-state index contributed by atoms with van der Waals surface area (Å²) in [4.78, 5) is 40.3. The van der Waals surface area contributed by atoms with Gasteiger partial charge in [0.1, 0.15) is 6.04 Å². The summed E-state index contributed by atoms with van der Waals surface area (Å²) in [5.74, 6) is -0.825. The first kappa shape index (κ1) is 25.7. The highest BCUT2D eigenvalue weighted by Crippen LogP contribution is 2.33. The van der Waals surface area contributed by atoms with Crippen molar-refractivity contribution in [1.29, 1.82) is 0 Å². The molecule has 0 unspecified atom stereocenters. The molecule has 0 bridgehead atoms. The molecule has 2 aromatic rings. The van der Waals surface area contributed by atoms with E-state index in [0.717, 1.165) is 24.9 Å². The zero-order chi connectivity index (χ0) is 24.7. The Bertz CT molecular complexity index is 1010. The van der Waals surface area contributed by atoms with Gasteiger partial charge in [0.25, 0.3) is 5.91 Å². The monoisotopic (exact) mass is 484 g/mol. The molecule has 3 amide bonds. The van der Waals surface area contributed by atoms with Crippen LogP contribution in [0.1, 0.15) is 48.0 Å². The summed E-state index contributed by atoms with van der Waals surface area (Å²) in [6, 6.07) is 13.8. The van der Waals surface area contributed by atoms with Crippen molar-refractivity contribution >= 4 is 35.0 Å². The molecule has 2 aromatic carbocycles. The van der Waals surface area contributed by atoms with Gasteiger partial charge in [0.2, 0.25) is 11.8 Å². The van der Waals surface area contributed by atoms with Crippen LogP contribution >= 0.6 is 11.6 Å². The van der Waals surface area contributed by atoms with Gasteiger partial charge in [-0.25, -0.2) is 0 Å². The largest absolute Gasteiger partial charge is 0.357 e. The Morgan fingerprint density at radius 3 is 2.53 bits per heavy atom. The number of likely N-dealkylation sites (tertiary alicyclic amines) is 1. The van der Waals surface area contributed by atoms with Crippen LogP contribution in [0.15, 0.2) is 48.5 Å². The van der Waals surface area contributed by atoms with Gasteiger partial charge in [-0.1, -0.05) is 49.6 Å². The van der Waals surface area contributed by atoms with Gasteiger partial charge >= 0.3 is 0 Å². The average molecular weight is 485 g/mol. The number of halogens is 1. The van der Waals surface area contributed by atoms with Crippen LogP contribution < -0.4 is 16.0 Å². The van der Waals surface area contributed by atoms with Gasteiger partial charge in [0.15, 0.2) is 0 Å². The van der Waals surface area contributed by atoms with Crippen LogP contribution in [0.3, 0.4) is 0 Å². The van der Waals surface area contributed by atoms with Crippen molar-refractivity contribution < 1.29 is 14.4 Å². The van der Waals surface area contributed by atoms with E-state index in [9.17, 15) is 14.4 Å². The molecule has 0 aromatic heterocycles. The van der Waals surface area contributed by atoms with Crippen molar-refractivity contribution in [3.05, 3.63) is 64.7 Å². The van der Waals surface area contributed by atoms with Gasteiger partial charge < -0.3 is 20.9 Å². The molecule has 3 rings (SSSR count). The van der Waals surface area contributed by atoms with E-state index in [4.69, 9.17) is 11.6 Å². The minimum atomic E-state index is -0.593. The Morgan fingerprint density at radius 1 is 1.12 bits per heavy atom. The molecule has 1 saturated heterocycles. The van der Waals surface area contributed by atoms with E-state index < -0.39 is 6.04 Å². The smallest absolute Gasteiger partial charge is 0.252 e. The average Bonchev–Trinajstić information content (AvgIpc) is 3.23. The third-order valence-corrected chi connectivity index (χ3v) is 6.50. The summed E-state index contributed by atoms with van der Waals surface area (Å²) in [6.07, 6.45) is 2.33. The van der Waals surface area contributed by atoms with Crippen molar-refractivity contribution in [1.82, 2.24) is 15.5 Å². The number of carbonyl (C=O) groups is 3. The van der Waals surface area contributed by atoms with Gasteiger partial charge in [0, 0.05) is 42.3 Å². The number of amides is 3. The van der Waals surface area contributed by atoms with Crippen molar-refractivity contribution in [3.8, 4) is 0 Å². The number of nitrogens with zero attached hydrogens (tertiary/aromatic N) is 1. The Labute approximate surface area is 206 Å². The molecule has 0 radical (unpaired) electrons. The van der Waals surface area contributed by atoms with Crippen LogP contribution in [0, 0.1) is 5.92 Å². The number of hydrogen-bond donors (Lipinski definition) is 3. The number of likely N-dealkylation sites (N-methyl/N-ethyl adjacent to an activating group) is 2. The van der Waals surface area contributed by atoms with Crippen LogP contribution in [0.25, 0.3) is 0 Å². The van der Waals surface area contributed by atoms with E-state index in [-0.39, 0.29) is 29.6 Å². The Kier molecular flexibility index (Phi) is 9.07. The molecular weight excluding hydrogens is 452 g/mol. The van der Waals surface area contributed by atoms with Crippen LogP contribution in [-0.4, -0.2) is 55.8 Å². The maximum Gasteiger partial charge on any atom is 0.252 e. The summed E-state index contributed by atoms with van der Waals surface area (Å²) < 4.78 is 0. The number of nitrogens with one attached hydrogen (secondary N) is 3. The lowest BCUT2D eigenvalue weighted by Crippen LogP contribution is -2.45. The van der Waals surface area contributed by atoms with Crippen molar-refractivity contribution in [2.75, 3.05) is 32.5 Å². The highest BCUT2D eigenvalue weighted by atomic mass is 35.5. The lowest BCUT2D eigenvalue weighted by atomic mass is 9.88. The van der Waals surface area contributed by atoms with E-state index in [2.05, 4.69) is 20.9 Å². The molecule has 182 valence electrons. The van der Waals surface area contributed by atoms with Crippen LogP contribution in [0.4, 0.5) is 5.69 Å². The second-order valence-corrected chi connectivity index (χ2v) is 9.27. The molecule has 1 heterocycles. The van der Waals surface area contributed by atoms with E-state index in [1.807, 2.05) is 38.2 Å². The van der Waals surface area contributed by atoms with Crippen LogP contribution in [0.5, 0.6) is 0 Å². The molecule has 7 nitrogen and oxygen atoms in total. The highest BCUT2D eigenvalue weighted by Gasteiger charge is 2.37. The van der Waals surface area contributed by atoms with Crippen LogP contribution in [0.2, 0.25) is 5.02 Å². The number of carbonyl (C=O) groups excluding carboxylic acids is 3. The van der Waals surface area contributed by atoms with Gasteiger partial charge in [-0.3, -0.25) is 14.4 Å². The minimum absolute atomic E-state index is 0.0561. The van der Waals surface area contributed by atoms with E-state index in [1.54, 1.807) is 31.3 Å². The van der Waals surface area contributed by atoms with Crippen molar-refractivity contribution in [3.63, 3.8) is 0 Å². The second kappa shape index (κ2) is 12.0. The Hall–Kier alpha value is -2.90. The second-order valence-electron chi connectivity index (χ2n) is 8.84. The number of hydrogen-bond acceptors (Lipinski definition) is 4. The number of anilines is 1. The van der Waals surface area contributed by atoms with Crippen molar-refractivity contribution in [2.24, 2.45) is 5.92 Å². The van der Waals surface area contributed by atoms with Gasteiger partial charge in [-0.05, 0) is 49.4 Å². The maximum absolute atomic E-state index is 13.2. The lowest BCUT2D eigenvalue weighted by Gasteiger charge is -2.19. The Balaban J connectivity index is 1.70. The fraction of sp³-hybridized carbons (Fsp3) is 0.423. The van der Waals surface area contributed by atoms with Gasteiger partial charge in [-0.2, -0.15) is 0 Å². The molecule has 1 aliphatic rings. The SMILES string of the molecule is CCCC[C@H](NC(=O)c1cccc(NC(=O)[C@H]2CN(C)C[C@@H]2c2ccc(Cl)cc2)c1)C(=O)NC. The first-order valence-electron chi connectivity index (χ1n) is 11.7. The maximum atomic E-state index is 13.2. The predicted molar refractivity (Wildman–Crippen MR) is 135 cm³/mol. The highest BCUT2D eigenvalue weighted by molar-refractivity contribution is 6.30. The Morgan fingerprint density at radius 2 is 1.85 bits per heavy atom. The number of rotatable bonds is 9. The van der Waals surface area contributed by atoms with E-state index in [0.29, 0.717) is 29.2 Å². The summed E-state index contributed by atoms with van der Waals surface area (Å²) >= 11 is 6.03. The standard InChI is InChI=1S/C26H33ClN4O3/c1-4-5-9-23(26(34)28-2)30-24(32)18-7-6-8-20(14-18)29-25(33)22-16-31(3)15-21(22)17-10-12-19(27)13-11-17/h6-8,10-14,21-23H,4-5,9,15-16H2,1-3H3,(H,28,34)(H,29,33)(H,30,32)/t21-,22+,23+/m1/s1. The molecule has 0 spiro atoms. The van der Waals surface area contributed by atoms with E-state index in [1.165, 1.54) is 0 Å². The fourth-order valence-electron chi connectivity index (χ4n) is 4.38. The quantitative estimate of drug-likeness (QED) is 0.506. The molecule has 3 N–H and O–H groups in total. The predicted octanol–water partition coefficient (Wildman–Crippen LogP) is 3.66. The zero-order valence-corrected chi connectivity index (χ0v) is 20.7. The molecule has 8 heteroatoms. The zero-order valence-electron chi connectivity index (χ0n) is 19.9. The molecule has 0 saturated carbocycles. The normalized spacial score (nSPS) is 18.8. The minimum Gasteiger partial charge on any atom is -0.357 e. The third kappa shape index (κ3) is 6.58. The first-order valence-corrected chi connectivity index (χ1v) is 12.1. The molecule has 0 aliphatic carbocycles. The van der Waals surface area contributed by atoms with Crippen LogP contribution in [-0.2, 0) is 9.59 Å². The summed E-state index contributed by atoms with van der Waals surface area (Å²) in [6.45, 7) is 3.46. The third-order valence-electron chi connectivity index (χ3n) is 6.24. The number of benzene rings is 2. The molecular formula is C26H33ClN4O3. The van der Waals surface area contributed by atoms with Gasteiger partial charge in [0.05, 0.1) is 5.92 Å². The van der Waals surface area contributed by atoms with E-state index >= 15 is 0 Å². The fourth-order valence-corrected chi connectivity index (χ4v) is 4.51. The van der Waals surface area contributed by atoms with Gasteiger partial charge in [-0.15, -0.1) is 0 Å². The topological polar surface area (TPSA) is 90.5 Å². The summed E-state index contributed by atoms with van der Waals surface area (Å²) in [5.41, 5.74) is 2.02. The van der Waals surface area contributed by atoms with Crippen molar-refractivity contribution in [2.45, 2.75) is 38.1 Å². The molecule has 1 aliphatic heterocycles. The summed E-state index contributed by atoms with van der Waals surface area (Å²) in [7, 11) is 3.56.